The largest absolute Gasteiger partial charge is 0.491 e. The summed E-state index contributed by atoms with van der Waals surface area (Å²) >= 11 is 3.38. The number of carbonyl (C=O) groups is 2. The Labute approximate surface area is 155 Å². The van der Waals surface area contributed by atoms with Crippen molar-refractivity contribution in [2.75, 3.05) is 46.6 Å². The average molecular weight is 422 g/mol. The normalized spacial score (nSPS) is 9.84. The van der Waals surface area contributed by atoms with Crippen molar-refractivity contribution in [2.45, 2.75) is 6.42 Å². The molecule has 0 aromatic heterocycles. The van der Waals surface area contributed by atoms with Gasteiger partial charge in [-0.3, -0.25) is 0 Å². The maximum absolute atomic E-state index is 9.10. The van der Waals surface area contributed by atoms with E-state index in [0.717, 1.165) is 36.3 Å². The van der Waals surface area contributed by atoms with Crippen LogP contribution in [0.1, 0.15) is 6.42 Å². The van der Waals surface area contributed by atoms with Crippen LogP contribution in [-0.4, -0.2) is 68.8 Å². The van der Waals surface area contributed by atoms with Gasteiger partial charge in [-0.05, 0) is 37.2 Å². The number of carboxylic acid groups (broad SMARTS) is 2. The molecule has 0 spiro atoms. The highest BCUT2D eigenvalue weighted by atomic mass is 79.9. The molecule has 1 rings (SSSR count). The van der Waals surface area contributed by atoms with Crippen molar-refractivity contribution in [3.05, 3.63) is 28.7 Å². The zero-order valence-electron chi connectivity index (χ0n) is 14.1. The minimum absolute atomic E-state index is 0.575. The number of methoxy groups -OCH3 is 1. The number of halogens is 1. The number of benzene rings is 1. The van der Waals surface area contributed by atoms with Crippen LogP contribution in [0.15, 0.2) is 28.7 Å². The van der Waals surface area contributed by atoms with Gasteiger partial charge in [0, 0.05) is 24.7 Å². The minimum atomic E-state index is -1.82. The van der Waals surface area contributed by atoms with Gasteiger partial charge in [-0.1, -0.05) is 15.9 Å². The van der Waals surface area contributed by atoms with Gasteiger partial charge in [0.15, 0.2) is 0 Å². The Balaban J connectivity index is 0.000000823. The van der Waals surface area contributed by atoms with Crippen LogP contribution in [0.4, 0.5) is 0 Å². The van der Waals surface area contributed by atoms with Gasteiger partial charge in [0.05, 0.1) is 13.2 Å². The van der Waals surface area contributed by atoms with E-state index in [1.807, 2.05) is 24.3 Å². The van der Waals surface area contributed by atoms with Gasteiger partial charge in [0.2, 0.25) is 0 Å². The molecule has 0 atom stereocenters. The van der Waals surface area contributed by atoms with Gasteiger partial charge in [-0.2, -0.15) is 0 Å². The first-order valence-electron chi connectivity index (χ1n) is 7.59. The maximum atomic E-state index is 9.10. The zero-order valence-corrected chi connectivity index (χ0v) is 15.7. The number of carboxylic acids is 2. The first-order chi connectivity index (χ1) is 12.0. The fourth-order valence-corrected chi connectivity index (χ4v) is 1.73. The molecule has 0 saturated heterocycles. The molecule has 1 aromatic carbocycles. The van der Waals surface area contributed by atoms with E-state index in [-0.39, 0.29) is 0 Å². The Hall–Kier alpha value is -1.68. The molecule has 0 amide bonds. The average Bonchev–Trinajstić information content (AvgIpc) is 2.58. The molecule has 0 aliphatic heterocycles. The summed E-state index contributed by atoms with van der Waals surface area (Å²) in [6.45, 7) is 4.52. The summed E-state index contributed by atoms with van der Waals surface area (Å²) in [7, 11) is 1.72. The van der Waals surface area contributed by atoms with E-state index in [2.05, 4.69) is 21.2 Å². The molecule has 0 unspecified atom stereocenters. The second-order valence-corrected chi connectivity index (χ2v) is 5.54. The highest BCUT2D eigenvalue weighted by molar-refractivity contribution is 9.10. The highest BCUT2D eigenvalue weighted by Crippen LogP contribution is 2.15. The van der Waals surface area contributed by atoms with E-state index in [1.54, 1.807) is 7.11 Å². The van der Waals surface area contributed by atoms with E-state index >= 15 is 0 Å². The number of hydrogen-bond donors (Lipinski definition) is 3. The third-order valence-electron chi connectivity index (χ3n) is 2.62. The lowest BCUT2D eigenvalue weighted by Crippen LogP contribution is -2.22. The van der Waals surface area contributed by atoms with E-state index in [1.165, 1.54) is 0 Å². The van der Waals surface area contributed by atoms with Crippen molar-refractivity contribution >= 4 is 27.9 Å². The number of nitrogens with one attached hydrogen (secondary N) is 1. The fraction of sp³-hybridized carbons (Fsp3) is 0.500. The summed E-state index contributed by atoms with van der Waals surface area (Å²) in [5.41, 5.74) is 0. The van der Waals surface area contributed by atoms with Crippen LogP contribution in [0.3, 0.4) is 0 Å². The molecule has 8 nitrogen and oxygen atoms in total. The van der Waals surface area contributed by atoms with Crippen molar-refractivity contribution in [1.82, 2.24) is 5.32 Å². The van der Waals surface area contributed by atoms with Gasteiger partial charge < -0.3 is 29.7 Å². The molecule has 0 aliphatic rings. The number of hydrogen-bond acceptors (Lipinski definition) is 6. The Kier molecular flexibility index (Phi) is 14.8. The lowest BCUT2D eigenvalue weighted by atomic mass is 10.3. The van der Waals surface area contributed by atoms with Crippen LogP contribution in [0.5, 0.6) is 5.75 Å². The van der Waals surface area contributed by atoms with Gasteiger partial charge in [0.25, 0.3) is 0 Å². The van der Waals surface area contributed by atoms with Gasteiger partial charge in [-0.15, -0.1) is 0 Å². The summed E-state index contributed by atoms with van der Waals surface area (Å²) in [5.74, 6) is -2.78. The molecular weight excluding hydrogens is 398 g/mol. The van der Waals surface area contributed by atoms with Crippen molar-refractivity contribution in [2.24, 2.45) is 0 Å². The van der Waals surface area contributed by atoms with Crippen LogP contribution in [-0.2, 0) is 19.1 Å². The lowest BCUT2D eigenvalue weighted by Gasteiger charge is -2.08. The molecule has 9 heteroatoms. The molecule has 0 radical (unpaired) electrons. The van der Waals surface area contributed by atoms with Crippen molar-refractivity contribution in [3.8, 4) is 5.75 Å². The maximum Gasteiger partial charge on any atom is 0.414 e. The molecule has 3 N–H and O–H groups in total. The van der Waals surface area contributed by atoms with E-state index in [4.69, 9.17) is 34.0 Å². The molecule has 142 valence electrons. The third-order valence-corrected chi connectivity index (χ3v) is 3.15. The number of aliphatic carboxylic acids is 2. The van der Waals surface area contributed by atoms with Crippen LogP contribution >= 0.6 is 15.9 Å². The summed E-state index contributed by atoms with van der Waals surface area (Å²) in [5, 5.41) is 18.1. The topological polar surface area (TPSA) is 114 Å². The molecule has 25 heavy (non-hydrogen) atoms. The zero-order chi connectivity index (χ0) is 18.9. The molecule has 0 fully saturated rings. The molecule has 0 bridgehead atoms. The van der Waals surface area contributed by atoms with Crippen molar-refractivity contribution < 1.29 is 34.0 Å². The Morgan fingerprint density at radius 3 is 2.20 bits per heavy atom. The van der Waals surface area contributed by atoms with Crippen LogP contribution in [0.2, 0.25) is 0 Å². The molecule has 0 saturated carbocycles. The van der Waals surface area contributed by atoms with E-state index < -0.39 is 11.9 Å². The third kappa shape index (κ3) is 15.6. The SMILES string of the molecule is COCCCNCCOCCOc1ccc(Br)cc1.O=C(O)C(=O)O. The van der Waals surface area contributed by atoms with Crippen LogP contribution in [0.25, 0.3) is 0 Å². The standard InChI is InChI=1S/C14H22BrNO3.C2H2O4/c1-17-9-2-7-16-8-10-18-11-12-19-14-5-3-13(15)4-6-14;3-1(4)2(5)6/h3-6,16H,2,7-12H2,1H3;(H,3,4)(H,5,6). The fourth-order valence-electron chi connectivity index (χ4n) is 1.46. The Morgan fingerprint density at radius 2 is 1.64 bits per heavy atom. The highest BCUT2D eigenvalue weighted by Gasteiger charge is 2.04. The summed E-state index contributed by atoms with van der Waals surface area (Å²) < 4.78 is 17.0. The Morgan fingerprint density at radius 1 is 1.00 bits per heavy atom. The van der Waals surface area contributed by atoms with Gasteiger partial charge in [-0.25, -0.2) is 9.59 Å². The van der Waals surface area contributed by atoms with E-state index in [0.29, 0.717) is 19.8 Å². The van der Waals surface area contributed by atoms with Gasteiger partial charge >= 0.3 is 11.9 Å². The second kappa shape index (κ2) is 15.8. The predicted molar refractivity (Wildman–Crippen MR) is 95.1 cm³/mol. The molecule has 0 heterocycles. The monoisotopic (exact) mass is 421 g/mol. The second-order valence-electron chi connectivity index (χ2n) is 4.62. The Bertz CT molecular complexity index is 470. The van der Waals surface area contributed by atoms with Crippen molar-refractivity contribution in [3.63, 3.8) is 0 Å². The smallest absolute Gasteiger partial charge is 0.414 e. The molecule has 0 aliphatic carbocycles. The first-order valence-corrected chi connectivity index (χ1v) is 8.38. The molecule has 1 aromatic rings. The summed E-state index contributed by atoms with van der Waals surface area (Å²) in [6.07, 6.45) is 1.03. The predicted octanol–water partition coefficient (Wildman–Crippen LogP) is 1.63. The first kappa shape index (κ1) is 23.3. The van der Waals surface area contributed by atoms with Gasteiger partial charge in [0.1, 0.15) is 12.4 Å². The summed E-state index contributed by atoms with van der Waals surface area (Å²) in [4.78, 5) is 18.2. The minimum Gasteiger partial charge on any atom is -0.491 e. The van der Waals surface area contributed by atoms with Crippen LogP contribution in [0, 0.1) is 0 Å². The molecular formula is C16H24BrNO7. The lowest BCUT2D eigenvalue weighted by molar-refractivity contribution is -0.159. The summed E-state index contributed by atoms with van der Waals surface area (Å²) in [6, 6.07) is 7.78. The van der Waals surface area contributed by atoms with Crippen LogP contribution < -0.4 is 10.1 Å². The number of ether oxygens (including phenoxy) is 3. The van der Waals surface area contributed by atoms with Crippen molar-refractivity contribution in [1.29, 1.82) is 0 Å². The number of rotatable bonds is 11. The van der Waals surface area contributed by atoms with E-state index in [9.17, 15) is 0 Å². The quantitative estimate of drug-likeness (QED) is 0.364.